The van der Waals surface area contributed by atoms with Crippen LogP contribution in [0.1, 0.15) is 87.1 Å². The Kier molecular flexibility index (Phi) is 20.1. The van der Waals surface area contributed by atoms with E-state index in [1.165, 1.54) is 0 Å². The molecule has 0 saturated heterocycles. The molecule has 1 aliphatic carbocycles. The van der Waals surface area contributed by atoms with Crippen molar-refractivity contribution in [3.63, 3.8) is 0 Å². The van der Waals surface area contributed by atoms with Crippen LogP contribution in [0.4, 0.5) is 4.79 Å². The second kappa shape index (κ2) is 28.3. The van der Waals surface area contributed by atoms with Gasteiger partial charge in [-0.1, -0.05) is 144 Å². The minimum Gasteiger partial charge on any atom is -0.480 e. The number of para-hydroxylation sites is 3. The number of guanidine groups is 1. The van der Waals surface area contributed by atoms with E-state index in [-0.39, 0.29) is 57.1 Å². The highest BCUT2D eigenvalue weighted by atomic mass is 16.5. The predicted molar refractivity (Wildman–Crippen MR) is 334 cm³/mol. The van der Waals surface area contributed by atoms with Gasteiger partial charge in [0.15, 0.2) is 5.96 Å². The minimum absolute atomic E-state index is 0.00529. The lowest BCUT2D eigenvalue weighted by molar-refractivity contribution is -0.142. The van der Waals surface area contributed by atoms with Crippen LogP contribution in [-0.2, 0) is 52.8 Å². The summed E-state index contributed by atoms with van der Waals surface area (Å²) in [5, 5.41) is 29.8. The Morgan fingerprint density at radius 1 is 0.517 bits per heavy atom. The summed E-state index contributed by atoms with van der Waals surface area (Å²) in [6.45, 7) is 7.34. The van der Waals surface area contributed by atoms with E-state index in [4.69, 9.17) is 16.2 Å². The molecule has 0 saturated carbocycles. The van der Waals surface area contributed by atoms with E-state index in [1.807, 2.05) is 135 Å². The van der Waals surface area contributed by atoms with Crippen molar-refractivity contribution in [3.8, 4) is 11.1 Å². The average molecular weight is 1180 g/mol. The number of carbonyl (C=O) groups is 7. The third kappa shape index (κ3) is 14.8. The van der Waals surface area contributed by atoms with Crippen LogP contribution in [0, 0.1) is 11.8 Å². The maximum absolute atomic E-state index is 15.1. The molecule has 9 rings (SSSR count). The topological polar surface area (TPSA) is 333 Å². The number of H-pyrrole nitrogens is 3. The molecule has 0 fully saturated rings. The van der Waals surface area contributed by atoms with Gasteiger partial charge in [0.1, 0.15) is 42.9 Å². The molecule has 14 N–H and O–H groups in total. The van der Waals surface area contributed by atoms with Gasteiger partial charge in [0.2, 0.25) is 29.5 Å². The summed E-state index contributed by atoms with van der Waals surface area (Å²) in [6, 6.07) is 30.3. The van der Waals surface area contributed by atoms with Gasteiger partial charge in [-0.25, -0.2) is 9.59 Å². The van der Waals surface area contributed by atoms with Gasteiger partial charge in [0.25, 0.3) is 0 Å². The number of rotatable bonds is 28. The number of aromatic amines is 3. The highest BCUT2D eigenvalue weighted by Crippen LogP contribution is 2.44. The molecule has 8 atom stereocenters. The smallest absolute Gasteiger partial charge is 0.407 e. The molecule has 6 amide bonds. The second-order valence-electron chi connectivity index (χ2n) is 22.4. The Morgan fingerprint density at radius 2 is 0.908 bits per heavy atom. The number of nitrogens with zero attached hydrogens (tertiary/aromatic N) is 1. The molecule has 0 unspecified atom stereocenters. The van der Waals surface area contributed by atoms with Gasteiger partial charge in [-0.15, -0.1) is 0 Å². The van der Waals surface area contributed by atoms with Crippen molar-refractivity contribution < 1.29 is 43.4 Å². The van der Waals surface area contributed by atoms with E-state index in [9.17, 15) is 29.1 Å². The normalized spacial score (nSPS) is 14.7. The number of nitrogens with two attached hydrogens (primary N) is 2. The number of ether oxygens (including phenoxy) is 1. The SMILES string of the molecule is CC[C@H](C)[C@H](NC(=O)OCC1c2ccccc2-c2ccccc21)C(=O)N[C@@H](Cc1c[nH]c2ccccc12)C(=O)N[C@@H](CCCN=C(N)N)C(=O)N[C@@H](Cc1c[nH]c2ccccc12)C(=O)N[C@H](C(=O)N[C@@H](Cc1c[nH]c2ccccc12)C(=O)O)[C@@H](C)CC. The first-order valence-electron chi connectivity index (χ1n) is 29.6. The number of hydrogen-bond acceptors (Lipinski definition) is 9. The Morgan fingerprint density at radius 3 is 1.38 bits per heavy atom. The summed E-state index contributed by atoms with van der Waals surface area (Å²) in [7, 11) is 0. The molecule has 0 bridgehead atoms. The number of aliphatic carboxylic acids is 1. The van der Waals surface area contributed by atoms with Crippen molar-refractivity contribution in [1.82, 2.24) is 46.9 Å². The third-order valence-corrected chi connectivity index (χ3v) is 16.7. The number of carboxylic acids is 1. The zero-order chi connectivity index (χ0) is 61.7. The van der Waals surface area contributed by atoms with E-state index in [1.54, 1.807) is 32.4 Å². The number of fused-ring (bicyclic) bond motifs is 6. The van der Waals surface area contributed by atoms with E-state index >= 15 is 9.59 Å². The van der Waals surface area contributed by atoms with Crippen molar-refractivity contribution in [2.75, 3.05) is 13.2 Å². The number of carboxylic acid groups (broad SMARTS) is 1. The molecule has 3 heterocycles. The van der Waals surface area contributed by atoms with Crippen LogP contribution in [0.5, 0.6) is 0 Å². The molecule has 0 aliphatic heterocycles. The number of alkyl carbamates (subject to hydrolysis) is 1. The largest absolute Gasteiger partial charge is 0.480 e. The molecule has 21 heteroatoms. The van der Waals surface area contributed by atoms with Crippen LogP contribution >= 0.6 is 0 Å². The van der Waals surface area contributed by atoms with Gasteiger partial charge >= 0.3 is 12.1 Å². The van der Waals surface area contributed by atoms with Gasteiger partial charge in [0.05, 0.1) is 0 Å². The number of hydrogen-bond donors (Lipinski definition) is 12. The Labute approximate surface area is 503 Å². The number of carbonyl (C=O) groups excluding carboxylic acids is 6. The molecule has 21 nitrogen and oxygen atoms in total. The Balaban J connectivity index is 0.968. The first-order valence-corrected chi connectivity index (χ1v) is 29.6. The maximum Gasteiger partial charge on any atom is 0.407 e. The molecule has 5 aromatic carbocycles. The van der Waals surface area contributed by atoms with Crippen molar-refractivity contribution in [2.45, 2.75) is 115 Å². The summed E-state index contributed by atoms with van der Waals surface area (Å²) in [5.74, 6) is -6.36. The summed E-state index contributed by atoms with van der Waals surface area (Å²) in [4.78, 5) is 115. The lowest BCUT2D eigenvalue weighted by Gasteiger charge is -2.29. The number of aliphatic imine (C=N–C) groups is 1. The first kappa shape index (κ1) is 61.6. The van der Waals surface area contributed by atoms with Crippen LogP contribution in [0.15, 0.2) is 145 Å². The van der Waals surface area contributed by atoms with Gasteiger partial charge < -0.3 is 68.2 Å². The monoisotopic (exact) mass is 1180 g/mol. The molecule has 87 heavy (non-hydrogen) atoms. The van der Waals surface area contributed by atoms with Crippen molar-refractivity contribution in [3.05, 3.63) is 168 Å². The fourth-order valence-electron chi connectivity index (χ4n) is 11.4. The molecule has 454 valence electrons. The van der Waals surface area contributed by atoms with Crippen LogP contribution < -0.4 is 43.4 Å². The third-order valence-electron chi connectivity index (χ3n) is 16.7. The molecular weight excluding hydrogens is 1100 g/mol. The number of amides is 6. The van der Waals surface area contributed by atoms with E-state index < -0.39 is 89.7 Å². The Bertz CT molecular complexity index is 3760. The molecule has 0 radical (unpaired) electrons. The quantitative estimate of drug-likeness (QED) is 0.0139. The summed E-state index contributed by atoms with van der Waals surface area (Å²) in [5.41, 5.74) is 19.9. The number of aromatic nitrogens is 3. The highest BCUT2D eigenvalue weighted by molar-refractivity contribution is 5.98. The van der Waals surface area contributed by atoms with Crippen LogP contribution in [-0.4, -0.2) is 117 Å². The zero-order valence-corrected chi connectivity index (χ0v) is 49.2. The lowest BCUT2D eigenvalue weighted by Crippen LogP contribution is -2.61. The van der Waals surface area contributed by atoms with Gasteiger partial charge in [-0.05, 0) is 81.8 Å². The number of benzene rings is 5. The average Bonchev–Trinajstić information content (AvgIpc) is 2.00. The van der Waals surface area contributed by atoms with Gasteiger partial charge in [0, 0.05) is 83.0 Å². The van der Waals surface area contributed by atoms with Crippen molar-refractivity contribution >= 4 is 80.3 Å². The predicted octanol–water partition coefficient (Wildman–Crippen LogP) is 6.72. The summed E-state index contributed by atoms with van der Waals surface area (Å²) < 4.78 is 5.89. The molecular formula is C66H76N12O9. The van der Waals surface area contributed by atoms with Crippen LogP contribution in [0.2, 0.25) is 0 Å². The fraction of sp³-hybridized carbons (Fsp3) is 0.333. The van der Waals surface area contributed by atoms with Crippen molar-refractivity contribution in [2.24, 2.45) is 28.3 Å². The molecule has 1 aliphatic rings. The highest BCUT2D eigenvalue weighted by Gasteiger charge is 2.37. The fourth-order valence-corrected chi connectivity index (χ4v) is 11.4. The van der Waals surface area contributed by atoms with Crippen LogP contribution in [0.3, 0.4) is 0 Å². The van der Waals surface area contributed by atoms with Gasteiger partial charge in [-0.3, -0.25) is 29.0 Å². The lowest BCUT2D eigenvalue weighted by atomic mass is 9.96. The standard InChI is InChI=1S/C66H76N12O9/c1-5-37(3)57(62(82)76-56(64(84)85)32-41-35-72-52-27-16-13-20-44(41)52)77-61(81)55(31-40-34-71-51-26-15-12-19-43(40)51)74-59(79)53(28-17-29-69-65(67)68)73-60(80)54(30-39-33-70-50-25-14-11-18-42(39)50)75-63(83)58(38(4)6-2)78-66(86)87-36-49-47-23-9-7-21-45(47)46-22-8-10-24-48(46)49/h7-16,18-27,33-35,37-38,49,53-58,70-72H,5-6,17,28-32,36H2,1-4H3,(H,73,80)(H,74,79)(H,75,83)(H,76,82)(H,77,81)(H,78,86)(H,84,85)(H4,67,68,69)/t37-,38-,53-,54-,55-,56-,57-,58-/m0/s1. The molecule has 0 spiro atoms. The van der Waals surface area contributed by atoms with E-state index in [0.29, 0.717) is 29.5 Å². The molecule has 8 aromatic rings. The van der Waals surface area contributed by atoms with Crippen molar-refractivity contribution in [1.29, 1.82) is 0 Å². The number of nitrogens with one attached hydrogen (secondary N) is 9. The second-order valence-corrected chi connectivity index (χ2v) is 22.4. The van der Waals surface area contributed by atoms with Gasteiger partial charge in [-0.2, -0.15) is 0 Å². The first-order chi connectivity index (χ1) is 42.0. The zero-order valence-electron chi connectivity index (χ0n) is 49.2. The molecule has 3 aromatic heterocycles. The van der Waals surface area contributed by atoms with E-state index in [0.717, 1.165) is 55.0 Å². The van der Waals surface area contributed by atoms with E-state index in [2.05, 4.69) is 51.8 Å². The van der Waals surface area contributed by atoms with Crippen LogP contribution in [0.25, 0.3) is 43.8 Å². The maximum atomic E-state index is 15.1. The minimum atomic E-state index is -1.38. The summed E-state index contributed by atoms with van der Waals surface area (Å²) in [6.07, 6.45) is 5.14. The Hall–Kier alpha value is -9.92. The summed E-state index contributed by atoms with van der Waals surface area (Å²) >= 11 is 0.